The van der Waals surface area contributed by atoms with E-state index in [1.807, 2.05) is 30.3 Å². The topological polar surface area (TPSA) is 34.1 Å². The van der Waals surface area contributed by atoms with E-state index in [9.17, 15) is 8.42 Å². The molecule has 0 fully saturated rings. The van der Waals surface area contributed by atoms with E-state index in [0.29, 0.717) is 0 Å². The van der Waals surface area contributed by atoms with Gasteiger partial charge in [0.25, 0.3) is 0 Å². The van der Waals surface area contributed by atoms with Gasteiger partial charge in [0.1, 0.15) is 0 Å². The fourth-order valence-electron chi connectivity index (χ4n) is 1.21. The van der Waals surface area contributed by atoms with Gasteiger partial charge in [0.05, 0.1) is 5.75 Å². The van der Waals surface area contributed by atoms with Crippen molar-refractivity contribution in [2.24, 2.45) is 0 Å². The highest BCUT2D eigenvalue weighted by molar-refractivity contribution is 7.94. The van der Waals surface area contributed by atoms with Gasteiger partial charge in [0, 0.05) is 5.41 Å². The van der Waals surface area contributed by atoms with Crippen LogP contribution in [0.5, 0.6) is 0 Å². The van der Waals surface area contributed by atoms with Crippen molar-refractivity contribution in [1.82, 2.24) is 0 Å². The maximum atomic E-state index is 11.1. The molecule has 0 unspecified atom stereocenters. The second kappa shape index (κ2) is 5.71. The maximum Gasteiger partial charge on any atom is 0.171 e. The third-order valence-corrected chi connectivity index (χ3v) is 3.56. The summed E-state index contributed by atoms with van der Waals surface area (Å²) in [5.74, 6) is 0.175. The molecule has 1 aromatic rings. The second-order valence-electron chi connectivity index (χ2n) is 3.35. The van der Waals surface area contributed by atoms with Crippen molar-refractivity contribution in [2.45, 2.75) is 19.8 Å². The number of allylic oxidation sites excluding steroid dienone is 1. The molecular formula is C12H16O2S. The summed E-state index contributed by atoms with van der Waals surface area (Å²) in [5, 5.41) is 1.32. The molecule has 0 amide bonds. The molecule has 0 aliphatic carbocycles. The average Bonchev–Trinajstić information content (AvgIpc) is 2.26. The molecule has 0 heterocycles. The molecule has 0 aromatic heterocycles. The van der Waals surface area contributed by atoms with Gasteiger partial charge >= 0.3 is 0 Å². The number of aryl methyl sites for hydroxylation is 1. The Kier molecular flexibility index (Phi) is 4.56. The Morgan fingerprint density at radius 2 is 1.87 bits per heavy atom. The van der Waals surface area contributed by atoms with Crippen molar-refractivity contribution in [1.29, 1.82) is 0 Å². The van der Waals surface area contributed by atoms with Crippen LogP contribution in [0.15, 0.2) is 41.8 Å². The highest BCUT2D eigenvalue weighted by Crippen LogP contribution is 2.03. The fraction of sp³-hybridized carbons (Fsp3) is 0.333. The summed E-state index contributed by atoms with van der Waals surface area (Å²) in [4.78, 5) is 0. The van der Waals surface area contributed by atoms with Gasteiger partial charge in [-0.1, -0.05) is 43.3 Å². The summed E-state index contributed by atoms with van der Waals surface area (Å²) < 4.78 is 22.2. The van der Waals surface area contributed by atoms with Gasteiger partial charge < -0.3 is 0 Å². The standard InChI is InChI=1S/C12H16O2S/c1-2-15(13,14)11-7-6-10-12-8-4-3-5-9-12/h3-5,7-9,11H,2,6,10H2,1H3/b11-7+. The largest absolute Gasteiger partial charge is 0.224 e. The first-order chi connectivity index (χ1) is 7.14. The molecule has 0 aliphatic heterocycles. The summed E-state index contributed by atoms with van der Waals surface area (Å²) in [6.07, 6.45) is 3.38. The van der Waals surface area contributed by atoms with E-state index in [-0.39, 0.29) is 5.75 Å². The minimum Gasteiger partial charge on any atom is -0.224 e. The van der Waals surface area contributed by atoms with Gasteiger partial charge in [0.2, 0.25) is 0 Å². The normalized spacial score (nSPS) is 12.1. The van der Waals surface area contributed by atoms with E-state index >= 15 is 0 Å². The highest BCUT2D eigenvalue weighted by atomic mass is 32.2. The molecule has 3 heteroatoms. The quantitative estimate of drug-likeness (QED) is 0.770. The van der Waals surface area contributed by atoms with Crippen molar-refractivity contribution in [3.8, 4) is 0 Å². The zero-order valence-electron chi connectivity index (χ0n) is 8.89. The van der Waals surface area contributed by atoms with E-state index in [4.69, 9.17) is 0 Å². The van der Waals surface area contributed by atoms with Crippen molar-refractivity contribution in [2.75, 3.05) is 5.75 Å². The second-order valence-corrected chi connectivity index (χ2v) is 5.52. The number of hydrogen-bond acceptors (Lipinski definition) is 2. The van der Waals surface area contributed by atoms with Crippen LogP contribution >= 0.6 is 0 Å². The third kappa shape index (κ3) is 4.79. The average molecular weight is 224 g/mol. The van der Waals surface area contributed by atoms with E-state index in [0.717, 1.165) is 12.8 Å². The Morgan fingerprint density at radius 3 is 2.47 bits per heavy atom. The number of rotatable bonds is 5. The van der Waals surface area contributed by atoms with Crippen LogP contribution in [-0.4, -0.2) is 14.2 Å². The smallest absolute Gasteiger partial charge is 0.171 e. The molecular weight excluding hydrogens is 208 g/mol. The monoisotopic (exact) mass is 224 g/mol. The predicted octanol–water partition coefficient (Wildman–Crippen LogP) is 2.57. The summed E-state index contributed by atoms with van der Waals surface area (Å²) in [6, 6.07) is 10.0. The molecule has 0 radical (unpaired) electrons. The lowest BCUT2D eigenvalue weighted by molar-refractivity contribution is 0.605. The van der Waals surface area contributed by atoms with Crippen LogP contribution in [0.3, 0.4) is 0 Å². The molecule has 82 valence electrons. The van der Waals surface area contributed by atoms with Crippen molar-refractivity contribution in [3.05, 3.63) is 47.4 Å². The van der Waals surface area contributed by atoms with Gasteiger partial charge in [-0.25, -0.2) is 8.42 Å². The van der Waals surface area contributed by atoms with Crippen LogP contribution in [0.2, 0.25) is 0 Å². The van der Waals surface area contributed by atoms with Crippen LogP contribution in [0, 0.1) is 0 Å². The van der Waals surface area contributed by atoms with E-state index < -0.39 is 9.84 Å². The van der Waals surface area contributed by atoms with Crippen LogP contribution in [0.1, 0.15) is 18.9 Å². The molecule has 0 spiro atoms. The summed E-state index contributed by atoms with van der Waals surface area (Å²) in [5.41, 5.74) is 1.23. The van der Waals surface area contributed by atoms with E-state index in [1.54, 1.807) is 13.0 Å². The summed E-state index contributed by atoms with van der Waals surface area (Å²) in [6.45, 7) is 1.65. The lowest BCUT2D eigenvalue weighted by atomic mass is 10.1. The molecule has 2 nitrogen and oxygen atoms in total. The maximum absolute atomic E-state index is 11.1. The first-order valence-electron chi connectivity index (χ1n) is 5.07. The molecule has 0 atom stereocenters. The van der Waals surface area contributed by atoms with E-state index in [1.165, 1.54) is 11.0 Å². The summed E-state index contributed by atoms with van der Waals surface area (Å²) >= 11 is 0. The molecule has 1 rings (SSSR count). The van der Waals surface area contributed by atoms with Gasteiger partial charge in [-0.2, -0.15) is 0 Å². The first-order valence-corrected chi connectivity index (χ1v) is 6.79. The molecule has 0 saturated carbocycles. The Morgan fingerprint density at radius 1 is 1.20 bits per heavy atom. The van der Waals surface area contributed by atoms with Crippen LogP contribution < -0.4 is 0 Å². The minimum atomic E-state index is -2.95. The molecule has 0 aliphatic rings. The first kappa shape index (κ1) is 12.0. The Balaban J connectivity index is 2.41. The van der Waals surface area contributed by atoms with Crippen molar-refractivity contribution in [3.63, 3.8) is 0 Å². The van der Waals surface area contributed by atoms with Crippen LogP contribution in [0.25, 0.3) is 0 Å². The number of sulfone groups is 1. The zero-order chi connectivity index (χ0) is 11.1. The van der Waals surface area contributed by atoms with Crippen LogP contribution in [0.4, 0.5) is 0 Å². The van der Waals surface area contributed by atoms with Gasteiger partial charge in [-0.3, -0.25) is 0 Å². The van der Waals surface area contributed by atoms with E-state index in [2.05, 4.69) is 0 Å². The molecule has 1 aromatic carbocycles. The Hall–Kier alpha value is -1.09. The lowest BCUT2D eigenvalue weighted by Crippen LogP contribution is -1.96. The SMILES string of the molecule is CCS(=O)(=O)/C=C/CCc1ccccc1. The molecule has 15 heavy (non-hydrogen) atoms. The van der Waals surface area contributed by atoms with Crippen molar-refractivity contribution < 1.29 is 8.42 Å². The fourth-order valence-corrected chi connectivity index (χ4v) is 1.83. The van der Waals surface area contributed by atoms with Crippen molar-refractivity contribution >= 4 is 9.84 Å². The molecule has 0 saturated heterocycles. The number of benzene rings is 1. The van der Waals surface area contributed by atoms with Crippen LogP contribution in [-0.2, 0) is 16.3 Å². The highest BCUT2D eigenvalue weighted by Gasteiger charge is 1.98. The zero-order valence-corrected chi connectivity index (χ0v) is 9.70. The lowest BCUT2D eigenvalue weighted by Gasteiger charge is -1.96. The predicted molar refractivity (Wildman–Crippen MR) is 63.4 cm³/mol. The summed E-state index contributed by atoms with van der Waals surface area (Å²) in [7, 11) is -2.95. The van der Waals surface area contributed by atoms with Gasteiger partial charge in [-0.15, -0.1) is 0 Å². The molecule has 0 bridgehead atoms. The minimum absolute atomic E-state index is 0.175. The van der Waals surface area contributed by atoms with Gasteiger partial charge in [-0.05, 0) is 18.4 Å². The third-order valence-electron chi connectivity index (χ3n) is 2.15. The number of hydrogen-bond donors (Lipinski definition) is 0. The Bertz CT molecular complexity index is 405. The molecule has 0 N–H and O–H groups in total. The Labute approximate surface area is 91.6 Å². The van der Waals surface area contributed by atoms with Gasteiger partial charge in [0.15, 0.2) is 9.84 Å².